The summed E-state index contributed by atoms with van der Waals surface area (Å²) in [5.74, 6) is 0.420. The first kappa shape index (κ1) is 17.7. The summed E-state index contributed by atoms with van der Waals surface area (Å²) in [6, 6.07) is 12.7. The average molecular weight is 366 g/mol. The molecule has 1 N–H and O–H groups in total. The normalized spacial score (nSPS) is 17.3. The Hall–Kier alpha value is -2.73. The molecular formula is C21H23FN4O. The summed E-state index contributed by atoms with van der Waals surface area (Å²) in [4.78, 5) is 6.57. The lowest BCUT2D eigenvalue weighted by atomic mass is 10.1. The number of hydrogen-bond donors (Lipinski definition) is 1. The lowest BCUT2D eigenvalue weighted by Gasteiger charge is -2.22. The third-order valence-corrected chi connectivity index (χ3v) is 4.94. The van der Waals surface area contributed by atoms with Crippen molar-refractivity contribution in [1.82, 2.24) is 20.1 Å². The van der Waals surface area contributed by atoms with Crippen LogP contribution >= 0.6 is 0 Å². The minimum Gasteiger partial charge on any atom is -0.493 e. The second-order valence-electron chi connectivity index (χ2n) is 6.85. The van der Waals surface area contributed by atoms with Gasteiger partial charge in [-0.2, -0.15) is 5.10 Å². The monoisotopic (exact) mass is 366 g/mol. The van der Waals surface area contributed by atoms with Gasteiger partial charge in [0, 0.05) is 31.1 Å². The summed E-state index contributed by atoms with van der Waals surface area (Å²) >= 11 is 0. The van der Waals surface area contributed by atoms with Crippen molar-refractivity contribution in [2.24, 2.45) is 0 Å². The molecule has 0 unspecified atom stereocenters. The first-order valence-electron chi connectivity index (χ1n) is 9.33. The molecule has 3 heterocycles. The molecule has 3 aromatic rings. The zero-order chi connectivity index (χ0) is 18.5. The molecule has 4 rings (SSSR count). The van der Waals surface area contributed by atoms with E-state index in [-0.39, 0.29) is 5.82 Å². The Morgan fingerprint density at radius 2 is 1.96 bits per heavy atom. The summed E-state index contributed by atoms with van der Waals surface area (Å²) in [7, 11) is 0. The third kappa shape index (κ3) is 4.52. The average Bonchev–Trinajstić information content (AvgIpc) is 3.33. The number of nitrogens with one attached hydrogen (secondary N) is 1. The molecule has 0 aliphatic carbocycles. The Balaban J connectivity index is 1.33. The van der Waals surface area contributed by atoms with Crippen molar-refractivity contribution in [3.8, 4) is 5.75 Å². The summed E-state index contributed by atoms with van der Waals surface area (Å²) in [6.45, 7) is 2.53. The van der Waals surface area contributed by atoms with Gasteiger partial charge in [-0.3, -0.25) is 15.0 Å². The van der Waals surface area contributed by atoms with Crippen LogP contribution in [0.25, 0.3) is 0 Å². The highest BCUT2D eigenvalue weighted by molar-refractivity contribution is 5.22. The fraction of sp³-hybridized carbons (Fsp3) is 0.333. The molecule has 140 valence electrons. The first-order chi connectivity index (χ1) is 13.3. The number of halogens is 1. The van der Waals surface area contributed by atoms with Gasteiger partial charge >= 0.3 is 0 Å². The van der Waals surface area contributed by atoms with Crippen molar-refractivity contribution in [2.75, 3.05) is 13.2 Å². The van der Waals surface area contributed by atoms with Crippen LogP contribution in [0.3, 0.4) is 0 Å². The van der Waals surface area contributed by atoms with Crippen molar-refractivity contribution in [3.05, 3.63) is 77.6 Å². The van der Waals surface area contributed by atoms with Crippen LogP contribution in [0.15, 0.2) is 54.9 Å². The van der Waals surface area contributed by atoms with Crippen LogP contribution in [0.2, 0.25) is 0 Å². The van der Waals surface area contributed by atoms with Crippen LogP contribution in [0.5, 0.6) is 5.75 Å². The zero-order valence-corrected chi connectivity index (χ0v) is 15.1. The van der Waals surface area contributed by atoms with Crippen molar-refractivity contribution >= 4 is 0 Å². The predicted octanol–water partition coefficient (Wildman–Crippen LogP) is 3.90. The van der Waals surface area contributed by atoms with E-state index in [1.165, 1.54) is 24.1 Å². The van der Waals surface area contributed by atoms with Crippen LogP contribution in [-0.4, -0.2) is 33.2 Å². The van der Waals surface area contributed by atoms with Gasteiger partial charge in [0.25, 0.3) is 0 Å². The van der Waals surface area contributed by atoms with Gasteiger partial charge in [-0.25, -0.2) is 4.39 Å². The number of aromatic nitrogens is 3. The van der Waals surface area contributed by atoms with Crippen LogP contribution in [0.4, 0.5) is 4.39 Å². The molecule has 1 fully saturated rings. The molecule has 2 aromatic heterocycles. The Labute approximate surface area is 158 Å². The van der Waals surface area contributed by atoms with Gasteiger partial charge in [-0.05, 0) is 67.4 Å². The Bertz CT molecular complexity index is 850. The number of likely N-dealkylation sites (tertiary alicyclic amines) is 1. The standard InChI is InChI=1S/C21H23FN4O/c22-17-3-5-19(6-4-17)27-13-9-18-14-20(25-24-18)21-2-1-12-26(21)15-16-7-10-23-11-8-16/h3-8,10-11,14,21H,1-2,9,12-13,15H2,(H,24,25)/t21-/m1/s1. The fourth-order valence-corrected chi connectivity index (χ4v) is 3.56. The number of benzene rings is 1. The molecule has 5 nitrogen and oxygen atoms in total. The number of pyridine rings is 1. The second-order valence-corrected chi connectivity index (χ2v) is 6.85. The van der Waals surface area contributed by atoms with Gasteiger partial charge in [0.1, 0.15) is 11.6 Å². The van der Waals surface area contributed by atoms with E-state index in [0.717, 1.165) is 37.3 Å². The predicted molar refractivity (Wildman–Crippen MR) is 101 cm³/mol. The fourth-order valence-electron chi connectivity index (χ4n) is 3.56. The molecule has 1 atom stereocenters. The van der Waals surface area contributed by atoms with E-state index < -0.39 is 0 Å². The summed E-state index contributed by atoms with van der Waals surface area (Å²) in [6.07, 6.45) is 6.73. The number of hydrogen-bond acceptors (Lipinski definition) is 4. The van der Waals surface area contributed by atoms with E-state index in [2.05, 4.69) is 38.3 Å². The Kier molecular flexibility index (Phi) is 5.44. The Morgan fingerprint density at radius 3 is 2.78 bits per heavy atom. The molecule has 0 bridgehead atoms. The van der Waals surface area contributed by atoms with Gasteiger partial charge < -0.3 is 4.74 Å². The number of nitrogens with zero attached hydrogens (tertiary/aromatic N) is 3. The van der Waals surface area contributed by atoms with Crippen molar-refractivity contribution in [2.45, 2.75) is 31.8 Å². The number of aromatic amines is 1. The molecule has 0 spiro atoms. The zero-order valence-electron chi connectivity index (χ0n) is 15.1. The van der Waals surface area contributed by atoms with Crippen LogP contribution in [-0.2, 0) is 13.0 Å². The second kappa shape index (κ2) is 8.31. The highest BCUT2D eigenvalue weighted by Crippen LogP contribution is 2.32. The van der Waals surface area contributed by atoms with Crippen LogP contribution in [0.1, 0.15) is 35.8 Å². The molecule has 1 aliphatic rings. The van der Waals surface area contributed by atoms with E-state index in [4.69, 9.17) is 4.74 Å². The van der Waals surface area contributed by atoms with Crippen molar-refractivity contribution in [3.63, 3.8) is 0 Å². The maximum absolute atomic E-state index is 12.9. The van der Waals surface area contributed by atoms with E-state index in [0.29, 0.717) is 18.4 Å². The number of H-pyrrole nitrogens is 1. The van der Waals surface area contributed by atoms with E-state index >= 15 is 0 Å². The SMILES string of the molecule is Fc1ccc(OCCc2cc([C@H]3CCCN3Cc3ccncc3)n[nH]2)cc1. The molecule has 1 saturated heterocycles. The van der Waals surface area contributed by atoms with Gasteiger partial charge in [-0.15, -0.1) is 0 Å². The van der Waals surface area contributed by atoms with E-state index in [9.17, 15) is 4.39 Å². The molecule has 1 aromatic carbocycles. The maximum Gasteiger partial charge on any atom is 0.123 e. The van der Waals surface area contributed by atoms with Gasteiger partial charge in [0.05, 0.1) is 18.3 Å². The molecule has 27 heavy (non-hydrogen) atoms. The summed E-state index contributed by atoms with van der Waals surface area (Å²) < 4.78 is 18.6. The maximum atomic E-state index is 12.9. The molecule has 6 heteroatoms. The quantitative estimate of drug-likeness (QED) is 0.689. The number of ether oxygens (including phenoxy) is 1. The first-order valence-corrected chi connectivity index (χ1v) is 9.33. The third-order valence-electron chi connectivity index (χ3n) is 4.94. The minimum atomic E-state index is -0.256. The van der Waals surface area contributed by atoms with E-state index in [1.54, 1.807) is 12.1 Å². The molecule has 0 saturated carbocycles. The van der Waals surface area contributed by atoms with Gasteiger partial charge in [0.2, 0.25) is 0 Å². The largest absolute Gasteiger partial charge is 0.493 e. The Morgan fingerprint density at radius 1 is 1.15 bits per heavy atom. The van der Waals surface area contributed by atoms with E-state index in [1.807, 2.05) is 12.4 Å². The van der Waals surface area contributed by atoms with Crippen molar-refractivity contribution in [1.29, 1.82) is 0 Å². The van der Waals surface area contributed by atoms with Crippen LogP contribution in [0, 0.1) is 5.82 Å². The number of rotatable bonds is 7. The minimum absolute atomic E-state index is 0.256. The van der Waals surface area contributed by atoms with Gasteiger partial charge in [-0.1, -0.05) is 0 Å². The molecule has 0 amide bonds. The lowest BCUT2D eigenvalue weighted by Crippen LogP contribution is -2.23. The van der Waals surface area contributed by atoms with Gasteiger partial charge in [0.15, 0.2) is 0 Å². The summed E-state index contributed by atoms with van der Waals surface area (Å²) in [5.41, 5.74) is 3.43. The smallest absolute Gasteiger partial charge is 0.123 e. The molecule has 0 radical (unpaired) electrons. The highest BCUT2D eigenvalue weighted by Gasteiger charge is 2.27. The molecule has 1 aliphatic heterocycles. The van der Waals surface area contributed by atoms with Crippen molar-refractivity contribution < 1.29 is 9.13 Å². The lowest BCUT2D eigenvalue weighted by molar-refractivity contribution is 0.244. The topological polar surface area (TPSA) is 54.0 Å². The summed E-state index contributed by atoms with van der Waals surface area (Å²) in [5, 5.41) is 7.68. The molecular weight excluding hydrogens is 343 g/mol. The highest BCUT2D eigenvalue weighted by atomic mass is 19.1. The van der Waals surface area contributed by atoms with Crippen LogP contribution < -0.4 is 4.74 Å².